The van der Waals surface area contributed by atoms with E-state index in [1.165, 1.54) is 15.6 Å². The first-order chi connectivity index (χ1) is 18.2. The highest BCUT2D eigenvalue weighted by atomic mass is 35.5. The Morgan fingerprint density at radius 3 is 2.82 bits per heavy atom. The molecule has 1 saturated carbocycles. The molecule has 4 heterocycles. The van der Waals surface area contributed by atoms with E-state index >= 15 is 0 Å². The first kappa shape index (κ1) is 25.8. The van der Waals surface area contributed by atoms with Crippen molar-refractivity contribution in [2.75, 3.05) is 39.8 Å². The SMILES string of the molecule is CN1CCc2nc(C(=O)N3CCN(S(=O)(=O)c4cc5ccc(Cl)cc5s4)CC3CNC(=O)C3CC3)oc2C1. The Bertz CT molecular complexity index is 1520. The first-order valence-electron chi connectivity index (χ1n) is 12.6. The number of thiophene rings is 1. The molecule has 1 aromatic carbocycles. The van der Waals surface area contributed by atoms with Gasteiger partial charge in [0.15, 0.2) is 0 Å². The maximum Gasteiger partial charge on any atom is 0.310 e. The van der Waals surface area contributed by atoms with Crippen molar-refractivity contribution in [3.63, 3.8) is 0 Å². The van der Waals surface area contributed by atoms with Crippen LogP contribution in [0.2, 0.25) is 5.02 Å². The van der Waals surface area contributed by atoms with Crippen molar-refractivity contribution < 1.29 is 22.4 Å². The van der Waals surface area contributed by atoms with Crippen molar-refractivity contribution in [1.29, 1.82) is 0 Å². The summed E-state index contributed by atoms with van der Waals surface area (Å²) in [6, 6.07) is 6.37. The lowest BCUT2D eigenvalue weighted by molar-refractivity contribution is -0.122. The zero-order valence-electron chi connectivity index (χ0n) is 20.9. The Labute approximate surface area is 229 Å². The number of rotatable bonds is 6. The summed E-state index contributed by atoms with van der Waals surface area (Å²) in [6.07, 6.45) is 2.41. The van der Waals surface area contributed by atoms with Crippen molar-refractivity contribution in [2.24, 2.45) is 5.92 Å². The molecular formula is C25H28ClN5O5S2. The molecule has 2 aliphatic heterocycles. The maximum atomic E-state index is 13.6. The van der Waals surface area contributed by atoms with Gasteiger partial charge in [0, 0.05) is 54.8 Å². The number of carbonyl (C=O) groups excluding carboxylic acids is 2. The van der Waals surface area contributed by atoms with E-state index in [1.54, 1.807) is 29.2 Å². The number of fused-ring (bicyclic) bond motifs is 2. The van der Waals surface area contributed by atoms with Crippen LogP contribution in [0.4, 0.5) is 0 Å². The number of sulfonamides is 1. The third-order valence-corrected chi connectivity index (χ3v) is 11.0. The monoisotopic (exact) mass is 577 g/mol. The fraction of sp³-hybridized carbons (Fsp3) is 0.480. The van der Waals surface area contributed by atoms with Crippen LogP contribution >= 0.6 is 22.9 Å². The number of likely N-dealkylation sites (N-methyl/N-ethyl adjacent to an activating group) is 1. The van der Waals surface area contributed by atoms with Crippen molar-refractivity contribution in [3.05, 3.63) is 46.6 Å². The molecule has 6 rings (SSSR count). The quantitative estimate of drug-likeness (QED) is 0.479. The van der Waals surface area contributed by atoms with Crippen LogP contribution in [-0.2, 0) is 27.8 Å². The molecule has 1 atom stereocenters. The molecule has 1 N–H and O–H groups in total. The highest BCUT2D eigenvalue weighted by molar-refractivity contribution is 7.91. The summed E-state index contributed by atoms with van der Waals surface area (Å²) in [5.74, 6) is 0.256. The Kier molecular flexibility index (Phi) is 6.71. The fourth-order valence-corrected chi connectivity index (χ4v) is 8.27. The second-order valence-corrected chi connectivity index (χ2v) is 13.8. The van der Waals surface area contributed by atoms with E-state index in [1.807, 2.05) is 7.05 Å². The normalized spacial score (nSPS) is 21.0. The fourth-order valence-electron chi connectivity index (χ4n) is 4.97. The molecule has 2 fully saturated rings. The minimum Gasteiger partial charge on any atom is -0.436 e. The summed E-state index contributed by atoms with van der Waals surface area (Å²) >= 11 is 7.26. The van der Waals surface area contributed by atoms with Crippen LogP contribution in [0.25, 0.3) is 10.1 Å². The van der Waals surface area contributed by atoms with Crippen LogP contribution in [0.15, 0.2) is 32.9 Å². The molecule has 0 bridgehead atoms. The van der Waals surface area contributed by atoms with Gasteiger partial charge < -0.3 is 14.6 Å². The number of nitrogens with one attached hydrogen (secondary N) is 1. The van der Waals surface area contributed by atoms with Crippen molar-refractivity contribution in [1.82, 2.24) is 24.4 Å². The standard InChI is InChI=1S/C25H28ClN5O5S2/c1-29-7-6-19-20(14-29)36-24(28-19)25(33)31-9-8-30(13-18(31)12-27-23(32)15-2-3-15)38(34,35)22-10-16-4-5-17(26)11-21(16)37-22/h4-5,10-11,15,18H,2-3,6-9,12-14H2,1H3,(H,27,32). The minimum atomic E-state index is -3.82. The molecule has 2 aromatic heterocycles. The zero-order chi connectivity index (χ0) is 26.6. The molecule has 1 aliphatic carbocycles. The van der Waals surface area contributed by atoms with E-state index in [0.717, 1.165) is 35.2 Å². The second-order valence-electron chi connectivity index (χ2n) is 10.2. The van der Waals surface area contributed by atoms with Gasteiger partial charge in [-0.15, -0.1) is 11.3 Å². The number of oxazole rings is 1. The van der Waals surface area contributed by atoms with Crippen LogP contribution < -0.4 is 5.32 Å². The Hall–Kier alpha value is -2.51. The largest absolute Gasteiger partial charge is 0.436 e. The molecule has 38 heavy (non-hydrogen) atoms. The van der Waals surface area contributed by atoms with Crippen molar-refractivity contribution >= 4 is 54.9 Å². The number of piperazine rings is 1. The van der Waals surface area contributed by atoms with Crippen LogP contribution in [0.1, 0.15) is 35.0 Å². The van der Waals surface area contributed by atoms with Gasteiger partial charge in [-0.2, -0.15) is 4.31 Å². The number of halogens is 1. The van der Waals surface area contributed by atoms with Crippen molar-refractivity contribution in [3.8, 4) is 0 Å². The lowest BCUT2D eigenvalue weighted by Gasteiger charge is -2.40. The Morgan fingerprint density at radius 1 is 1.21 bits per heavy atom. The van der Waals surface area contributed by atoms with E-state index < -0.39 is 16.1 Å². The maximum absolute atomic E-state index is 13.6. The van der Waals surface area contributed by atoms with E-state index in [2.05, 4.69) is 15.2 Å². The topological polar surface area (TPSA) is 116 Å². The average Bonchev–Trinajstić information content (AvgIpc) is 3.53. The number of carbonyl (C=O) groups is 2. The predicted octanol–water partition coefficient (Wildman–Crippen LogP) is 2.57. The van der Waals surface area contributed by atoms with Gasteiger partial charge in [0.1, 0.15) is 9.97 Å². The zero-order valence-corrected chi connectivity index (χ0v) is 23.2. The third kappa shape index (κ3) is 4.95. The molecule has 13 heteroatoms. The number of nitrogens with zero attached hydrogens (tertiary/aromatic N) is 4. The highest BCUT2D eigenvalue weighted by Crippen LogP contribution is 2.34. The van der Waals surface area contributed by atoms with Gasteiger partial charge in [0.05, 0.1) is 18.3 Å². The predicted molar refractivity (Wildman–Crippen MR) is 143 cm³/mol. The molecule has 10 nitrogen and oxygen atoms in total. The van der Waals surface area contributed by atoms with Gasteiger partial charge in [-0.25, -0.2) is 13.4 Å². The number of hydrogen-bond donors (Lipinski definition) is 1. The molecule has 3 aliphatic rings. The van der Waals surface area contributed by atoms with Gasteiger partial charge in [0.2, 0.25) is 5.91 Å². The first-order valence-corrected chi connectivity index (χ1v) is 15.3. The van der Waals surface area contributed by atoms with Crippen LogP contribution in [0.5, 0.6) is 0 Å². The van der Waals surface area contributed by atoms with E-state index in [9.17, 15) is 18.0 Å². The highest BCUT2D eigenvalue weighted by Gasteiger charge is 2.40. The van der Waals surface area contributed by atoms with Crippen LogP contribution in [-0.4, -0.2) is 85.1 Å². The number of amides is 2. The molecule has 1 saturated heterocycles. The Balaban J connectivity index is 1.24. The van der Waals surface area contributed by atoms with Crippen LogP contribution in [0.3, 0.4) is 0 Å². The lowest BCUT2D eigenvalue weighted by atomic mass is 10.1. The number of benzene rings is 1. The summed E-state index contributed by atoms with van der Waals surface area (Å²) in [4.78, 5) is 34.1. The Morgan fingerprint density at radius 2 is 2.03 bits per heavy atom. The molecule has 0 spiro atoms. The van der Waals surface area contributed by atoms with Gasteiger partial charge in [-0.1, -0.05) is 17.7 Å². The summed E-state index contributed by atoms with van der Waals surface area (Å²) in [6.45, 7) is 1.91. The number of hydrogen-bond acceptors (Lipinski definition) is 8. The van der Waals surface area contributed by atoms with E-state index in [0.29, 0.717) is 23.7 Å². The average molecular weight is 578 g/mol. The molecule has 2 amide bonds. The molecule has 3 aromatic rings. The summed E-state index contributed by atoms with van der Waals surface area (Å²) < 4.78 is 35.5. The lowest BCUT2D eigenvalue weighted by Crippen LogP contribution is -2.59. The molecular weight excluding hydrogens is 550 g/mol. The van der Waals surface area contributed by atoms with Gasteiger partial charge in [-0.3, -0.25) is 14.5 Å². The molecule has 1 unspecified atom stereocenters. The second kappa shape index (κ2) is 9.91. The minimum absolute atomic E-state index is 0.00315. The summed E-state index contributed by atoms with van der Waals surface area (Å²) in [5.41, 5.74) is 0.788. The van der Waals surface area contributed by atoms with Gasteiger partial charge in [0.25, 0.3) is 15.9 Å². The van der Waals surface area contributed by atoms with Gasteiger partial charge in [-0.05, 0) is 43.5 Å². The van der Waals surface area contributed by atoms with Crippen molar-refractivity contribution in [2.45, 2.75) is 36.1 Å². The van der Waals surface area contributed by atoms with Gasteiger partial charge >= 0.3 is 5.91 Å². The molecule has 202 valence electrons. The molecule has 0 radical (unpaired) electrons. The number of aromatic nitrogens is 1. The van der Waals surface area contributed by atoms with E-state index in [4.69, 9.17) is 16.0 Å². The summed E-state index contributed by atoms with van der Waals surface area (Å²) in [5, 5.41) is 4.27. The van der Waals surface area contributed by atoms with Crippen LogP contribution in [0, 0.1) is 5.92 Å². The van der Waals surface area contributed by atoms with E-state index in [-0.39, 0.29) is 54.0 Å². The smallest absolute Gasteiger partial charge is 0.310 e. The summed E-state index contributed by atoms with van der Waals surface area (Å²) in [7, 11) is -1.84. The third-order valence-electron chi connectivity index (χ3n) is 7.33.